The van der Waals surface area contributed by atoms with Crippen LogP contribution in [0.2, 0.25) is 0 Å². The van der Waals surface area contributed by atoms with E-state index in [0.717, 1.165) is 16.0 Å². The minimum atomic E-state index is -0.422. The average Bonchev–Trinajstić information content (AvgIpc) is 3.18. The summed E-state index contributed by atoms with van der Waals surface area (Å²) in [4.78, 5) is 17.2. The van der Waals surface area contributed by atoms with Crippen LogP contribution in [0, 0.1) is 0 Å². The molecule has 3 rings (SSSR count). The maximum atomic E-state index is 12.4. The van der Waals surface area contributed by atoms with Crippen molar-refractivity contribution in [2.24, 2.45) is 4.99 Å². The zero-order valence-corrected chi connectivity index (χ0v) is 16.2. The predicted molar refractivity (Wildman–Crippen MR) is 99.2 cm³/mol. The molecule has 1 amide bonds. The Labute approximate surface area is 156 Å². The van der Waals surface area contributed by atoms with Crippen LogP contribution in [0.25, 0.3) is 10.2 Å². The van der Waals surface area contributed by atoms with Crippen LogP contribution in [0.4, 0.5) is 0 Å². The molecule has 25 heavy (non-hydrogen) atoms. The molecule has 0 spiro atoms. The van der Waals surface area contributed by atoms with Crippen molar-refractivity contribution in [1.82, 2.24) is 4.57 Å². The fourth-order valence-electron chi connectivity index (χ4n) is 2.35. The van der Waals surface area contributed by atoms with Gasteiger partial charge in [-0.05, 0) is 53.2 Å². The minimum absolute atomic E-state index is 0.193. The maximum absolute atomic E-state index is 12.4. The molecule has 0 radical (unpaired) electrons. The van der Waals surface area contributed by atoms with Gasteiger partial charge in [-0.15, -0.1) is 0 Å². The molecule has 0 aliphatic rings. The van der Waals surface area contributed by atoms with E-state index in [1.54, 1.807) is 19.2 Å². The molecule has 6 nitrogen and oxygen atoms in total. The van der Waals surface area contributed by atoms with Gasteiger partial charge in [-0.3, -0.25) is 4.79 Å². The molecule has 1 aromatic carbocycles. The highest BCUT2D eigenvalue weighted by Crippen LogP contribution is 2.23. The molecule has 0 N–H and O–H groups in total. The number of nitrogens with zero attached hydrogens (tertiary/aromatic N) is 2. The van der Waals surface area contributed by atoms with E-state index < -0.39 is 5.91 Å². The molecular formula is C17H17BrN2O4S. The van der Waals surface area contributed by atoms with Crippen LogP contribution < -0.4 is 9.54 Å². The van der Waals surface area contributed by atoms with Gasteiger partial charge < -0.3 is 18.5 Å². The molecule has 0 aliphatic carbocycles. The Morgan fingerprint density at radius 2 is 2.20 bits per heavy atom. The highest BCUT2D eigenvalue weighted by Gasteiger charge is 2.12. The highest BCUT2D eigenvalue weighted by molar-refractivity contribution is 9.10. The summed E-state index contributed by atoms with van der Waals surface area (Å²) in [5.41, 5.74) is 0.984. The SMILES string of the molecule is CCOCCn1c(=NC(=O)c2ccc(Br)o2)sc2cc(OC)ccc21. The Kier molecular flexibility index (Phi) is 5.72. The Balaban J connectivity index is 2.06. The van der Waals surface area contributed by atoms with E-state index in [-0.39, 0.29) is 5.76 Å². The van der Waals surface area contributed by atoms with E-state index in [1.807, 2.05) is 29.7 Å². The van der Waals surface area contributed by atoms with Gasteiger partial charge in [-0.2, -0.15) is 4.99 Å². The quantitative estimate of drug-likeness (QED) is 0.563. The van der Waals surface area contributed by atoms with Crippen molar-refractivity contribution < 1.29 is 18.7 Å². The van der Waals surface area contributed by atoms with Gasteiger partial charge in [0.25, 0.3) is 0 Å². The first-order chi connectivity index (χ1) is 12.1. The molecular weight excluding hydrogens is 408 g/mol. The van der Waals surface area contributed by atoms with Gasteiger partial charge in [0, 0.05) is 13.2 Å². The van der Waals surface area contributed by atoms with Crippen molar-refractivity contribution >= 4 is 43.4 Å². The molecule has 132 valence electrons. The molecule has 0 saturated carbocycles. The fourth-order valence-corrected chi connectivity index (χ4v) is 3.74. The van der Waals surface area contributed by atoms with Gasteiger partial charge in [-0.25, -0.2) is 0 Å². The van der Waals surface area contributed by atoms with Crippen LogP contribution in [-0.2, 0) is 11.3 Å². The van der Waals surface area contributed by atoms with Crippen LogP contribution in [0.5, 0.6) is 5.75 Å². The van der Waals surface area contributed by atoms with Crippen molar-refractivity contribution in [2.75, 3.05) is 20.3 Å². The Morgan fingerprint density at radius 1 is 1.36 bits per heavy atom. The van der Waals surface area contributed by atoms with Gasteiger partial charge in [0.2, 0.25) is 0 Å². The summed E-state index contributed by atoms with van der Waals surface area (Å²) in [6, 6.07) is 9.05. The van der Waals surface area contributed by atoms with Crippen LogP contribution >= 0.6 is 27.3 Å². The third kappa shape index (κ3) is 4.02. The number of furan rings is 1. The molecule has 3 aromatic rings. The molecule has 0 aliphatic heterocycles. The number of ether oxygens (including phenoxy) is 2. The molecule has 0 unspecified atom stereocenters. The number of fused-ring (bicyclic) bond motifs is 1. The lowest BCUT2D eigenvalue weighted by Gasteiger charge is -2.06. The number of halogens is 1. The van der Waals surface area contributed by atoms with Crippen molar-refractivity contribution in [1.29, 1.82) is 0 Å². The number of benzene rings is 1. The lowest BCUT2D eigenvalue weighted by atomic mass is 10.3. The number of rotatable bonds is 6. The number of methoxy groups -OCH3 is 1. The average molecular weight is 425 g/mol. The summed E-state index contributed by atoms with van der Waals surface area (Å²) in [6.07, 6.45) is 0. The lowest BCUT2D eigenvalue weighted by Crippen LogP contribution is -2.19. The van der Waals surface area contributed by atoms with Gasteiger partial charge in [0.15, 0.2) is 15.2 Å². The topological polar surface area (TPSA) is 66.0 Å². The number of thiazole rings is 1. The summed E-state index contributed by atoms with van der Waals surface area (Å²) in [6.45, 7) is 3.74. The van der Waals surface area contributed by atoms with Crippen molar-refractivity contribution in [2.45, 2.75) is 13.5 Å². The predicted octanol–water partition coefficient (Wildman–Crippen LogP) is 3.84. The second kappa shape index (κ2) is 7.99. The first-order valence-corrected chi connectivity index (χ1v) is 9.33. The summed E-state index contributed by atoms with van der Waals surface area (Å²) in [5.74, 6) is 0.534. The second-order valence-corrected chi connectivity index (χ2v) is 6.88. The maximum Gasteiger partial charge on any atom is 0.315 e. The van der Waals surface area contributed by atoms with Gasteiger partial charge in [0.05, 0.1) is 23.9 Å². The first kappa shape index (κ1) is 17.9. The van der Waals surface area contributed by atoms with E-state index >= 15 is 0 Å². The minimum Gasteiger partial charge on any atom is -0.497 e. The number of carbonyl (C=O) groups excluding carboxylic acids is 1. The monoisotopic (exact) mass is 424 g/mol. The molecule has 0 atom stereocenters. The smallest absolute Gasteiger partial charge is 0.315 e. The van der Waals surface area contributed by atoms with Crippen LogP contribution in [-0.4, -0.2) is 30.8 Å². The number of amides is 1. The van der Waals surface area contributed by atoms with E-state index in [9.17, 15) is 4.79 Å². The summed E-state index contributed by atoms with van der Waals surface area (Å²) in [7, 11) is 1.63. The van der Waals surface area contributed by atoms with Crippen LogP contribution in [0.1, 0.15) is 17.5 Å². The first-order valence-electron chi connectivity index (χ1n) is 7.72. The third-order valence-electron chi connectivity index (χ3n) is 3.53. The summed E-state index contributed by atoms with van der Waals surface area (Å²) < 4.78 is 19.5. The zero-order chi connectivity index (χ0) is 17.8. The standard InChI is InChI=1S/C17H17BrN2O4S/c1-3-23-9-8-20-12-5-4-11(22-2)10-14(12)25-17(20)19-16(21)13-6-7-15(18)24-13/h4-7,10H,3,8-9H2,1-2H3. The molecule has 0 bridgehead atoms. The highest BCUT2D eigenvalue weighted by atomic mass is 79.9. The Hall–Kier alpha value is -1.90. The lowest BCUT2D eigenvalue weighted by molar-refractivity contribution is 0.0969. The van der Waals surface area contributed by atoms with Gasteiger partial charge >= 0.3 is 5.91 Å². The largest absolute Gasteiger partial charge is 0.497 e. The second-order valence-electron chi connectivity index (χ2n) is 5.09. The number of hydrogen-bond donors (Lipinski definition) is 0. The van der Waals surface area contributed by atoms with E-state index in [4.69, 9.17) is 13.9 Å². The van der Waals surface area contributed by atoms with Gasteiger partial charge in [-0.1, -0.05) is 11.3 Å². The summed E-state index contributed by atoms with van der Waals surface area (Å²) >= 11 is 4.62. The fraction of sp³-hybridized carbons (Fsp3) is 0.294. The van der Waals surface area contributed by atoms with Gasteiger partial charge in [0.1, 0.15) is 5.75 Å². The number of carbonyl (C=O) groups is 1. The third-order valence-corrected chi connectivity index (χ3v) is 5.00. The Morgan fingerprint density at radius 3 is 2.88 bits per heavy atom. The van der Waals surface area contributed by atoms with E-state index in [0.29, 0.717) is 29.2 Å². The normalized spacial score (nSPS) is 12.0. The zero-order valence-electron chi connectivity index (χ0n) is 13.8. The van der Waals surface area contributed by atoms with Crippen molar-refractivity contribution in [3.63, 3.8) is 0 Å². The summed E-state index contributed by atoms with van der Waals surface area (Å²) in [5, 5.41) is 0. The van der Waals surface area contributed by atoms with E-state index in [2.05, 4.69) is 20.9 Å². The number of aromatic nitrogens is 1. The molecule has 0 fully saturated rings. The molecule has 2 aromatic heterocycles. The number of hydrogen-bond acceptors (Lipinski definition) is 5. The van der Waals surface area contributed by atoms with Crippen molar-refractivity contribution in [3.05, 3.63) is 45.6 Å². The molecule has 8 heteroatoms. The molecule has 0 saturated heterocycles. The van der Waals surface area contributed by atoms with Crippen molar-refractivity contribution in [3.8, 4) is 5.75 Å². The van der Waals surface area contributed by atoms with Crippen LogP contribution in [0.15, 0.2) is 44.4 Å². The van der Waals surface area contributed by atoms with E-state index in [1.165, 1.54) is 11.3 Å². The Bertz CT molecular complexity index is 957. The van der Waals surface area contributed by atoms with Crippen LogP contribution in [0.3, 0.4) is 0 Å². The molecule has 2 heterocycles.